The zero-order valence-electron chi connectivity index (χ0n) is 10.8. The maximum atomic E-state index is 12.3. The quantitative estimate of drug-likeness (QED) is 0.895. The molecule has 2 rings (SSSR count). The van der Waals surface area contributed by atoms with Gasteiger partial charge in [0.15, 0.2) is 0 Å². The molecule has 0 unspecified atom stereocenters. The molecule has 1 N–H and O–H groups in total. The maximum absolute atomic E-state index is 12.3. The van der Waals surface area contributed by atoms with E-state index in [-0.39, 0.29) is 5.91 Å². The SMILES string of the molecule is CCN1CCOc2ccc(NS(C)(=O)=O)cc2C1=O. The molecule has 0 aliphatic carbocycles. The number of rotatable bonds is 3. The number of fused-ring (bicyclic) bond motifs is 1. The average Bonchev–Trinajstić information content (AvgIpc) is 2.47. The monoisotopic (exact) mass is 284 g/mol. The number of hydrogen-bond acceptors (Lipinski definition) is 4. The zero-order valence-corrected chi connectivity index (χ0v) is 11.7. The third-order valence-corrected chi connectivity index (χ3v) is 3.41. The van der Waals surface area contributed by atoms with E-state index in [2.05, 4.69) is 4.72 Å². The molecular formula is C12H16N2O4S. The number of likely N-dealkylation sites (N-methyl/N-ethyl adjacent to an activating group) is 1. The van der Waals surface area contributed by atoms with E-state index in [1.54, 1.807) is 17.0 Å². The first-order valence-corrected chi connectivity index (χ1v) is 7.84. The van der Waals surface area contributed by atoms with Gasteiger partial charge < -0.3 is 9.64 Å². The molecule has 1 aromatic carbocycles. The molecule has 1 heterocycles. The van der Waals surface area contributed by atoms with Gasteiger partial charge in [-0.3, -0.25) is 9.52 Å². The second-order valence-electron chi connectivity index (χ2n) is 4.32. The van der Waals surface area contributed by atoms with Crippen LogP contribution in [0.3, 0.4) is 0 Å². The van der Waals surface area contributed by atoms with Crippen molar-refractivity contribution in [2.45, 2.75) is 6.92 Å². The molecule has 0 fully saturated rings. The molecule has 0 spiro atoms. The summed E-state index contributed by atoms with van der Waals surface area (Å²) in [5.74, 6) is 0.340. The van der Waals surface area contributed by atoms with Crippen molar-refractivity contribution < 1.29 is 17.9 Å². The van der Waals surface area contributed by atoms with E-state index in [0.29, 0.717) is 36.7 Å². The van der Waals surface area contributed by atoms with Crippen LogP contribution in [0.5, 0.6) is 5.75 Å². The Morgan fingerprint density at radius 1 is 1.42 bits per heavy atom. The molecule has 0 bridgehead atoms. The van der Waals surface area contributed by atoms with Crippen LogP contribution in [-0.2, 0) is 10.0 Å². The molecule has 0 atom stereocenters. The van der Waals surface area contributed by atoms with Crippen LogP contribution in [-0.4, -0.2) is 45.2 Å². The zero-order chi connectivity index (χ0) is 14.0. The molecule has 0 radical (unpaired) electrons. The second kappa shape index (κ2) is 5.08. The van der Waals surface area contributed by atoms with E-state index < -0.39 is 10.0 Å². The predicted molar refractivity (Wildman–Crippen MR) is 72.0 cm³/mol. The van der Waals surface area contributed by atoms with Crippen LogP contribution in [0.4, 0.5) is 5.69 Å². The summed E-state index contributed by atoms with van der Waals surface area (Å²) in [5, 5.41) is 0. The third-order valence-electron chi connectivity index (χ3n) is 2.80. The second-order valence-corrected chi connectivity index (χ2v) is 6.07. The van der Waals surface area contributed by atoms with E-state index in [4.69, 9.17) is 4.74 Å². The van der Waals surface area contributed by atoms with Crippen molar-refractivity contribution in [1.82, 2.24) is 4.90 Å². The van der Waals surface area contributed by atoms with Crippen molar-refractivity contribution in [2.75, 3.05) is 30.7 Å². The Balaban J connectivity index is 2.39. The lowest BCUT2D eigenvalue weighted by molar-refractivity contribution is 0.0765. The molecule has 19 heavy (non-hydrogen) atoms. The minimum absolute atomic E-state index is 0.146. The number of amides is 1. The predicted octanol–water partition coefficient (Wildman–Crippen LogP) is 0.913. The van der Waals surface area contributed by atoms with Gasteiger partial charge >= 0.3 is 0 Å². The van der Waals surface area contributed by atoms with Crippen LogP contribution in [0.2, 0.25) is 0 Å². The minimum atomic E-state index is -3.37. The van der Waals surface area contributed by atoms with E-state index in [0.717, 1.165) is 6.26 Å². The van der Waals surface area contributed by atoms with Crippen molar-refractivity contribution in [3.05, 3.63) is 23.8 Å². The Kier molecular flexibility index (Phi) is 3.66. The largest absolute Gasteiger partial charge is 0.491 e. The summed E-state index contributed by atoms with van der Waals surface area (Å²) in [5.41, 5.74) is 0.740. The van der Waals surface area contributed by atoms with Crippen LogP contribution in [0.15, 0.2) is 18.2 Å². The van der Waals surface area contributed by atoms with Crippen LogP contribution >= 0.6 is 0 Å². The Morgan fingerprint density at radius 2 is 2.16 bits per heavy atom. The lowest BCUT2D eigenvalue weighted by Gasteiger charge is -2.17. The van der Waals surface area contributed by atoms with Crippen molar-refractivity contribution in [1.29, 1.82) is 0 Å². The normalized spacial score (nSPS) is 15.5. The first kappa shape index (κ1) is 13.7. The van der Waals surface area contributed by atoms with Crippen LogP contribution in [0.25, 0.3) is 0 Å². The highest BCUT2D eigenvalue weighted by atomic mass is 32.2. The van der Waals surface area contributed by atoms with Crippen LogP contribution in [0, 0.1) is 0 Å². The molecular weight excluding hydrogens is 268 g/mol. The number of nitrogens with zero attached hydrogens (tertiary/aromatic N) is 1. The van der Waals surface area contributed by atoms with E-state index >= 15 is 0 Å². The van der Waals surface area contributed by atoms with Crippen molar-refractivity contribution >= 4 is 21.6 Å². The Labute approximate surface area is 112 Å². The summed E-state index contributed by atoms with van der Waals surface area (Å²) in [6.45, 7) is 3.44. The Hall–Kier alpha value is -1.76. The van der Waals surface area contributed by atoms with Crippen molar-refractivity contribution in [3.8, 4) is 5.75 Å². The van der Waals surface area contributed by atoms with Crippen molar-refractivity contribution in [3.63, 3.8) is 0 Å². The van der Waals surface area contributed by atoms with Gasteiger partial charge in [-0.05, 0) is 25.1 Å². The molecule has 1 aliphatic heterocycles. The first-order valence-electron chi connectivity index (χ1n) is 5.94. The number of benzene rings is 1. The van der Waals surface area contributed by atoms with Gasteiger partial charge in [-0.1, -0.05) is 0 Å². The Morgan fingerprint density at radius 3 is 2.79 bits per heavy atom. The van der Waals surface area contributed by atoms with Crippen LogP contribution in [0.1, 0.15) is 17.3 Å². The lowest BCUT2D eigenvalue weighted by Crippen LogP contribution is -2.32. The molecule has 1 aliphatic rings. The standard InChI is InChI=1S/C12H16N2O4S/c1-3-14-6-7-18-11-5-4-9(13-19(2,16)17)8-10(11)12(14)15/h4-5,8,13H,3,6-7H2,1-2H3. The fourth-order valence-corrected chi connectivity index (χ4v) is 2.50. The summed E-state index contributed by atoms with van der Waals surface area (Å²) < 4.78 is 30.2. The number of hydrogen-bond donors (Lipinski definition) is 1. The molecule has 0 saturated heterocycles. The summed E-state index contributed by atoms with van der Waals surface area (Å²) in [7, 11) is -3.37. The topological polar surface area (TPSA) is 75.7 Å². The summed E-state index contributed by atoms with van der Waals surface area (Å²) >= 11 is 0. The number of carbonyl (C=O) groups excluding carboxylic acids is 1. The van der Waals surface area contributed by atoms with Crippen LogP contribution < -0.4 is 9.46 Å². The fraction of sp³-hybridized carbons (Fsp3) is 0.417. The minimum Gasteiger partial charge on any atom is -0.491 e. The summed E-state index contributed by atoms with van der Waals surface area (Å²) in [4.78, 5) is 13.9. The fourth-order valence-electron chi connectivity index (χ4n) is 1.94. The molecule has 1 aromatic rings. The first-order chi connectivity index (χ1) is 8.90. The molecule has 104 valence electrons. The number of sulfonamides is 1. The van der Waals surface area contributed by atoms with Gasteiger partial charge in [0.1, 0.15) is 12.4 Å². The van der Waals surface area contributed by atoms with E-state index in [9.17, 15) is 13.2 Å². The highest BCUT2D eigenvalue weighted by Crippen LogP contribution is 2.26. The lowest BCUT2D eigenvalue weighted by atomic mass is 10.1. The highest BCUT2D eigenvalue weighted by molar-refractivity contribution is 7.92. The maximum Gasteiger partial charge on any atom is 0.257 e. The van der Waals surface area contributed by atoms with E-state index in [1.807, 2.05) is 6.92 Å². The van der Waals surface area contributed by atoms with Gasteiger partial charge in [-0.25, -0.2) is 8.42 Å². The number of ether oxygens (including phenoxy) is 1. The molecule has 0 saturated carbocycles. The van der Waals surface area contributed by atoms with E-state index in [1.165, 1.54) is 6.07 Å². The molecule has 7 heteroatoms. The number of anilines is 1. The molecule has 1 amide bonds. The number of carbonyl (C=O) groups is 1. The summed E-state index contributed by atoms with van der Waals surface area (Å²) in [6.07, 6.45) is 1.06. The van der Waals surface area contributed by atoms with Gasteiger partial charge in [0.2, 0.25) is 10.0 Å². The van der Waals surface area contributed by atoms with Gasteiger partial charge in [-0.2, -0.15) is 0 Å². The van der Waals surface area contributed by atoms with Gasteiger partial charge in [0.05, 0.1) is 18.4 Å². The summed E-state index contributed by atoms with van der Waals surface area (Å²) in [6, 6.07) is 4.70. The molecule has 0 aromatic heterocycles. The highest BCUT2D eigenvalue weighted by Gasteiger charge is 2.23. The Bertz CT molecular complexity index is 598. The van der Waals surface area contributed by atoms with Gasteiger partial charge in [0, 0.05) is 12.2 Å². The third kappa shape index (κ3) is 3.17. The van der Waals surface area contributed by atoms with Gasteiger partial charge in [0.25, 0.3) is 5.91 Å². The van der Waals surface area contributed by atoms with Gasteiger partial charge in [-0.15, -0.1) is 0 Å². The average molecular weight is 284 g/mol. The smallest absolute Gasteiger partial charge is 0.257 e. The van der Waals surface area contributed by atoms with Crippen molar-refractivity contribution in [2.24, 2.45) is 0 Å². The number of nitrogens with one attached hydrogen (secondary N) is 1. The molecule has 6 nitrogen and oxygen atoms in total.